The lowest BCUT2D eigenvalue weighted by atomic mass is 10.3. The zero-order valence-electron chi connectivity index (χ0n) is 12.3. The molecule has 3 N–H and O–H groups in total. The standard InChI is InChI=1S/C14H23N3O3S/c1-20-13-5-2-10(6-13)16-21(18,19)14-7-12(8-15)17(9-14)11-3-4-11/h7,9-11,13,16H,2-6,8,15H2,1H3. The van der Waals surface area contributed by atoms with Crippen molar-refractivity contribution >= 4 is 10.0 Å². The summed E-state index contributed by atoms with van der Waals surface area (Å²) >= 11 is 0. The smallest absolute Gasteiger partial charge is 0.242 e. The summed E-state index contributed by atoms with van der Waals surface area (Å²) in [5.74, 6) is 0. The molecule has 2 aliphatic carbocycles. The predicted octanol–water partition coefficient (Wildman–Crippen LogP) is 1.13. The second kappa shape index (κ2) is 5.72. The van der Waals surface area contributed by atoms with E-state index in [1.807, 2.05) is 4.57 Å². The summed E-state index contributed by atoms with van der Waals surface area (Å²) in [6.07, 6.45) is 6.56. The molecule has 1 heterocycles. The minimum Gasteiger partial charge on any atom is -0.381 e. The van der Waals surface area contributed by atoms with Gasteiger partial charge in [-0.05, 0) is 38.2 Å². The SMILES string of the molecule is COC1CCC(NS(=O)(=O)c2cc(CN)n(C3CC3)c2)C1. The van der Waals surface area contributed by atoms with Crippen molar-refractivity contribution in [1.82, 2.24) is 9.29 Å². The van der Waals surface area contributed by atoms with Gasteiger partial charge < -0.3 is 15.0 Å². The van der Waals surface area contributed by atoms with Crippen molar-refractivity contribution in [2.45, 2.75) is 61.7 Å². The normalized spacial score (nSPS) is 26.4. The summed E-state index contributed by atoms with van der Waals surface area (Å²) in [7, 11) is -1.80. The average molecular weight is 313 g/mol. The zero-order chi connectivity index (χ0) is 15.0. The Kier molecular flexibility index (Phi) is 4.09. The molecular weight excluding hydrogens is 290 g/mol. The van der Waals surface area contributed by atoms with Crippen molar-refractivity contribution < 1.29 is 13.2 Å². The number of hydrogen-bond donors (Lipinski definition) is 2. The van der Waals surface area contributed by atoms with E-state index >= 15 is 0 Å². The van der Waals surface area contributed by atoms with E-state index in [4.69, 9.17) is 10.5 Å². The second-order valence-corrected chi connectivity index (χ2v) is 7.71. The van der Waals surface area contributed by atoms with Crippen molar-refractivity contribution in [2.75, 3.05) is 7.11 Å². The van der Waals surface area contributed by atoms with Gasteiger partial charge in [-0.25, -0.2) is 13.1 Å². The highest BCUT2D eigenvalue weighted by Gasteiger charge is 2.31. The van der Waals surface area contributed by atoms with E-state index in [2.05, 4.69) is 4.72 Å². The van der Waals surface area contributed by atoms with E-state index in [1.165, 1.54) is 0 Å². The Morgan fingerprint density at radius 2 is 2.14 bits per heavy atom. The van der Waals surface area contributed by atoms with E-state index in [9.17, 15) is 8.42 Å². The number of rotatable bonds is 6. The monoisotopic (exact) mass is 313 g/mol. The van der Waals surface area contributed by atoms with Crippen LogP contribution in [0.2, 0.25) is 0 Å². The van der Waals surface area contributed by atoms with Gasteiger partial charge in [0.25, 0.3) is 0 Å². The van der Waals surface area contributed by atoms with Gasteiger partial charge in [-0.15, -0.1) is 0 Å². The minimum atomic E-state index is -3.47. The molecule has 0 radical (unpaired) electrons. The number of hydrogen-bond acceptors (Lipinski definition) is 4. The Morgan fingerprint density at radius 1 is 1.38 bits per heavy atom. The van der Waals surface area contributed by atoms with Crippen LogP contribution in [-0.2, 0) is 21.3 Å². The quantitative estimate of drug-likeness (QED) is 0.824. The maximum Gasteiger partial charge on any atom is 0.242 e. The van der Waals surface area contributed by atoms with Gasteiger partial charge >= 0.3 is 0 Å². The van der Waals surface area contributed by atoms with Gasteiger partial charge in [0.2, 0.25) is 10.0 Å². The van der Waals surface area contributed by atoms with E-state index in [-0.39, 0.29) is 12.1 Å². The Balaban J connectivity index is 1.75. The molecule has 2 saturated carbocycles. The Labute approximate surface area is 125 Å². The Hall–Kier alpha value is -0.890. The van der Waals surface area contributed by atoms with Gasteiger partial charge in [0.05, 0.1) is 11.0 Å². The summed E-state index contributed by atoms with van der Waals surface area (Å²) in [5.41, 5.74) is 6.61. The molecular formula is C14H23N3O3S. The summed E-state index contributed by atoms with van der Waals surface area (Å²) in [5, 5.41) is 0. The summed E-state index contributed by atoms with van der Waals surface area (Å²) in [6.45, 7) is 0.362. The molecule has 0 saturated heterocycles. The molecule has 2 unspecified atom stereocenters. The fraction of sp³-hybridized carbons (Fsp3) is 0.714. The fourth-order valence-corrected chi connectivity index (χ4v) is 4.38. The van der Waals surface area contributed by atoms with Crippen molar-refractivity contribution in [1.29, 1.82) is 0 Å². The maximum absolute atomic E-state index is 12.5. The molecule has 1 aromatic rings. The molecule has 0 aromatic carbocycles. The van der Waals surface area contributed by atoms with Gasteiger partial charge in [-0.1, -0.05) is 0 Å². The van der Waals surface area contributed by atoms with Gasteiger partial charge in [-0.3, -0.25) is 0 Å². The highest BCUT2D eigenvalue weighted by Crippen LogP contribution is 2.37. The van der Waals surface area contributed by atoms with Crippen LogP contribution in [-0.4, -0.2) is 32.2 Å². The van der Waals surface area contributed by atoms with E-state index in [1.54, 1.807) is 19.4 Å². The number of methoxy groups -OCH3 is 1. The van der Waals surface area contributed by atoms with Crippen molar-refractivity contribution in [3.63, 3.8) is 0 Å². The summed E-state index contributed by atoms with van der Waals surface area (Å²) in [6, 6.07) is 2.09. The molecule has 3 rings (SSSR count). The third kappa shape index (κ3) is 3.15. The molecule has 2 fully saturated rings. The molecule has 6 nitrogen and oxygen atoms in total. The van der Waals surface area contributed by atoms with Crippen molar-refractivity contribution in [3.05, 3.63) is 18.0 Å². The molecule has 2 aliphatic rings. The van der Waals surface area contributed by atoms with Crippen LogP contribution >= 0.6 is 0 Å². The van der Waals surface area contributed by atoms with Gasteiger partial charge in [0, 0.05) is 37.6 Å². The van der Waals surface area contributed by atoms with Crippen LogP contribution < -0.4 is 10.5 Å². The molecule has 2 atom stereocenters. The molecule has 0 amide bonds. The Morgan fingerprint density at radius 3 is 2.71 bits per heavy atom. The van der Waals surface area contributed by atoms with Crippen LogP contribution in [0.3, 0.4) is 0 Å². The largest absolute Gasteiger partial charge is 0.381 e. The highest BCUT2D eigenvalue weighted by atomic mass is 32.2. The molecule has 118 valence electrons. The van der Waals surface area contributed by atoms with Crippen LogP contribution in [0.5, 0.6) is 0 Å². The van der Waals surface area contributed by atoms with Gasteiger partial charge in [0.1, 0.15) is 0 Å². The van der Waals surface area contributed by atoms with E-state index in [0.29, 0.717) is 17.5 Å². The van der Waals surface area contributed by atoms with Crippen LogP contribution in [0, 0.1) is 0 Å². The van der Waals surface area contributed by atoms with Crippen LogP contribution in [0.15, 0.2) is 17.2 Å². The third-order valence-electron chi connectivity index (χ3n) is 4.41. The molecule has 7 heteroatoms. The first-order valence-electron chi connectivity index (χ1n) is 7.49. The van der Waals surface area contributed by atoms with Crippen LogP contribution in [0.4, 0.5) is 0 Å². The Bertz CT molecular complexity index is 607. The molecule has 0 aliphatic heterocycles. The van der Waals surface area contributed by atoms with Gasteiger partial charge in [-0.2, -0.15) is 0 Å². The molecule has 0 bridgehead atoms. The number of aromatic nitrogens is 1. The number of ether oxygens (including phenoxy) is 1. The number of nitrogens with one attached hydrogen (secondary N) is 1. The van der Waals surface area contributed by atoms with Crippen molar-refractivity contribution in [3.8, 4) is 0 Å². The third-order valence-corrected chi connectivity index (χ3v) is 5.89. The molecule has 21 heavy (non-hydrogen) atoms. The topological polar surface area (TPSA) is 86.3 Å². The number of nitrogens with zero attached hydrogens (tertiary/aromatic N) is 1. The van der Waals surface area contributed by atoms with Crippen LogP contribution in [0.25, 0.3) is 0 Å². The number of nitrogens with two attached hydrogens (primary N) is 1. The first-order chi connectivity index (χ1) is 10.0. The molecule has 1 aromatic heterocycles. The number of sulfonamides is 1. The van der Waals surface area contributed by atoms with Crippen LogP contribution in [0.1, 0.15) is 43.8 Å². The maximum atomic E-state index is 12.5. The first-order valence-corrected chi connectivity index (χ1v) is 8.97. The zero-order valence-corrected chi connectivity index (χ0v) is 13.1. The van der Waals surface area contributed by atoms with E-state index in [0.717, 1.165) is 37.8 Å². The fourth-order valence-electron chi connectivity index (χ4n) is 3.05. The predicted molar refractivity (Wildman–Crippen MR) is 79.4 cm³/mol. The van der Waals surface area contributed by atoms with Crippen molar-refractivity contribution in [2.24, 2.45) is 5.73 Å². The highest BCUT2D eigenvalue weighted by molar-refractivity contribution is 7.89. The summed E-state index contributed by atoms with van der Waals surface area (Å²) < 4.78 is 35.1. The summed E-state index contributed by atoms with van der Waals surface area (Å²) in [4.78, 5) is 0.329. The lowest BCUT2D eigenvalue weighted by Crippen LogP contribution is -2.33. The first kappa shape index (κ1) is 15.0. The lowest BCUT2D eigenvalue weighted by Gasteiger charge is -2.12. The average Bonchev–Trinajstić information content (AvgIpc) is 3.04. The second-order valence-electron chi connectivity index (χ2n) is 6.00. The van der Waals surface area contributed by atoms with E-state index < -0.39 is 10.0 Å². The minimum absolute atomic E-state index is 0.0365. The lowest BCUT2D eigenvalue weighted by molar-refractivity contribution is 0.107. The van der Waals surface area contributed by atoms with Gasteiger partial charge in [0.15, 0.2) is 0 Å². The molecule has 0 spiro atoms.